The van der Waals surface area contributed by atoms with Gasteiger partial charge in [0.1, 0.15) is 11.5 Å². The number of halogens is 1. The van der Waals surface area contributed by atoms with Crippen LogP contribution in [0.2, 0.25) is 0 Å². The van der Waals surface area contributed by atoms with Crippen LogP contribution in [0.1, 0.15) is 36.2 Å². The van der Waals surface area contributed by atoms with Crippen molar-refractivity contribution in [1.29, 1.82) is 0 Å². The van der Waals surface area contributed by atoms with Crippen molar-refractivity contribution in [2.75, 3.05) is 4.90 Å². The molecule has 1 aliphatic rings. The van der Waals surface area contributed by atoms with E-state index >= 15 is 0 Å². The Morgan fingerprint density at radius 2 is 1.88 bits per heavy atom. The van der Waals surface area contributed by atoms with Crippen LogP contribution in [-0.4, -0.2) is 17.9 Å². The number of carbonyl (C=O) groups is 2. The van der Waals surface area contributed by atoms with Crippen LogP contribution < -0.4 is 15.4 Å². The van der Waals surface area contributed by atoms with E-state index in [4.69, 9.17) is 10.5 Å². The van der Waals surface area contributed by atoms with Gasteiger partial charge in [-0.1, -0.05) is 0 Å². The Balaban J connectivity index is 1.99. The first-order valence-corrected chi connectivity index (χ1v) is 8.86. The maximum Gasteiger partial charge on any atom is 0.248 e. The maximum atomic E-state index is 12.1. The lowest BCUT2D eigenvalue weighted by atomic mass is 9.95. The Hall–Kier alpha value is -2.34. The first-order chi connectivity index (χ1) is 11.9. The van der Waals surface area contributed by atoms with E-state index in [1.165, 1.54) is 0 Å². The molecule has 3 rings (SSSR count). The number of primary amides is 1. The summed E-state index contributed by atoms with van der Waals surface area (Å²) in [5, 5.41) is 0. The predicted molar refractivity (Wildman–Crippen MR) is 100 cm³/mol. The van der Waals surface area contributed by atoms with Crippen molar-refractivity contribution in [2.45, 2.75) is 32.7 Å². The number of amides is 2. The summed E-state index contributed by atoms with van der Waals surface area (Å²) in [6, 6.07) is 10.7. The van der Waals surface area contributed by atoms with E-state index in [-0.39, 0.29) is 11.9 Å². The fourth-order valence-electron chi connectivity index (χ4n) is 3.17. The third-order valence-electron chi connectivity index (χ3n) is 4.40. The van der Waals surface area contributed by atoms with Gasteiger partial charge in [0, 0.05) is 24.1 Å². The molecule has 2 aromatic carbocycles. The summed E-state index contributed by atoms with van der Waals surface area (Å²) >= 11 is 3.54. The summed E-state index contributed by atoms with van der Waals surface area (Å²) in [6.07, 6.45) is 1.70. The Morgan fingerprint density at radius 1 is 1.20 bits per heavy atom. The van der Waals surface area contributed by atoms with Crippen LogP contribution in [0.15, 0.2) is 40.9 Å². The molecule has 0 fully saturated rings. The van der Waals surface area contributed by atoms with Crippen molar-refractivity contribution in [3.63, 3.8) is 0 Å². The summed E-state index contributed by atoms with van der Waals surface area (Å²) in [7, 11) is 0. The van der Waals surface area contributed by atoms with Crippen molar-refractivity contribution < 1.29 is 14.3 Å². The SMILES string of the molecule is CC(=O)N1c2ccc(Br)c(Oc3ccc(C(N)=O)cc3)c2CC[C@@H]1C. The number of benzene rings is 2. The van der Waals surface area contributed by atoms with Crippen molar-refractivity contribution in [3.05, 3.63) is 52.0 Å². The molecule has 130 valence electrons. The van der Waals surface area contributed by atoms with Crippen LogP contribution in [0.25, 0.3) is 0 Å². The molecular weight excluding hydrogens is 384 g/mol. The number of ether oxygens (including phenoxy) is 1. The highest BCUT2D eigenvalue weighted by Gasteiger charge is 2.29. The van der Waals surface area contributed by atoms with E-state index in [0.29, 0.717) is 17.1 Å². The molecule has 5 nitrogen and oxygen atoms in total. The first kappa shape index (κ1) is 17.5. The first-order valence-electron chi connectivity index (χ1n) is 8.07. The standard InChI is InChI=1S/C19H19BrN2O3/c1-11-3-8-15-17(22(11)12(2)23)10-9-16(20)18(15)25-14-6-4-13(5-7-14)19(21)24/h4-7,9-11H,3,8H2,1-2H3,(H2,21,24)/t11-/m0/s1. The highest BCUT2D eigenvalue weighted by molar-refractivity contribution is 9.10. The Kier molecular flexibility index (Phi) is 4.81. The van der Waals surface area contributed by atoms with Gasteiger partial charge in [0.2, 0.25) is 11.8 Å². The molecule has 0 saturated heterocycles. The summed E-state index contributed by atoms with van der Waals surface area (Å²) in [6.45, 7) is 3.63. The monoisotopic (exact) mass is 402 g/mol. The van der Waals surface area contributed by atoms with E-state index in [9.17, 15) is 9.59 Å². The average molecular weight is 403 g/mol. The van der Waals surface area contributed by atoms with Gasteiger partial charge < -0.3 is 15.4 Å². The quantitative estimate of drug-likeness (QED) is 0.841. The highest BCUT2D eigenvalue weighted by atomic mass is 79.9. The van der Waals surface area contributed by atoms with Crippen molar-refractivity contribution in [1.82, 2.24) is 0 Å². The average Bonchev–Trinajstić information content (AvgIpc) is 2.57. The van der Waals surface area contributed by atoms with Gasteiger partial charge in [0.05, 0.1) is 10.2 Å². The number of rotatable bonds is 3. The van der Waals surface area contributed by atoms with Crippen molar-refractivity contribution >= 4 is 33.4 Å². The fourth-order valence-corrected chi connectivity index (χ4v) is 3.62. The molecule has 1 heterocycles. The molecule has 0 unspecified atom stereocenters. The molecule has 1 atom stereocenters. The number of anilines is 1. The molecule has 2 aromatic rings. The molecule has 0 saturated carbocycles. The minimum Gasteiger partial charge on any atom is -0.456 e. The summed E-state index contributed by atoms with van der Waals surface area (Å²) < 4.78 is 6.89. The number of fused-ring (bicyclic) bond motifs is 1. The predicted octanol–water partition coefficient (Wildman–Crippen LogP) is 4.03. The van der Waals surface area contributed by atoms with Gasteiger partial charge >= 0.3 is 0 Å². The largest absolute Gasteiger partial charge is 0.456 e. The lowest BCUT2D eigenvalue weighted by Crippen LogP contribution is -2.40. The molecule has 0 aromatic heterocycles. The van der Waals surface area contributed by atoms with Gasteiger partial charge in [-0.05, 0) is 72.1 Å². The number of hydrogen-bond acceptors (Lipinski definition) is 3. The zero-order valence-electron chi connectivity index (χ0n) is 14.1. The minimum absolute atomic E-state index is 0.0209. The molecule has 0 radical (unpaired) electrons. The fraction of sp³-hybridized carbons (Fsp3) is 0.263. The zero-order valence-corrected chi connectivity index (χ0v) is 15.7. The summed E-state index contributed by atoms with van der Waals surface area (Å²) in [5.41, 5.74) is 7.58. The Labute approximate surface area is 154 Å². The van der Waals surface area contributed by atoms with Gasteiger partial charge in [-0.3, -0.25) is 9.59 Å². The van der Waals surface area contributed by atoms with Gasteiger partial charge in [0.25, 0.3) is 0 Å². The van der Waals surface area contributed by atoms with Gasteiger partial charge in [-0.15, -0.1) is 0 Å². The van der Waals surface area contributed by atoms with Gasteiger partial charge in [-0.2, -0.15) is 0 Å². The Morgan fingerprint density at radius 3 is 2.48 bits per heavy atom. The van der Waals surface area contributed by atoms with E-state index in [2.05, 4.69) is 22.9 Å². The second-order valence-corrected chi connectivity index (χ2v) is 7.00. The maximum absolute atomic E-state index is 12.1. The topological polar surface area (TPSA) is 72.6 Å². The van der Waals surface area contributed by atoms with Crippen LogP contribution in [0.3, 0.4) is 0 Å². The summed E-state index contributed by atoms with van der Waals surface area (Å²) in [5.74, 6) is 0.845. The van der Waals surface area contributed by atoms with Crippen LogP contribution in [-0.2, 0) is 11.2 Å². The van der Waals surface area contributed by atoms with E-state index < -0.39 is 5.91 Å². The molecule has 6 heteroatoms. The number of hydrogen-bond donors (Lipinski definition) is 1. The summed E-state index contributed by atoms with van der Waals surface area (Å²) in [4.78, 5) is 25.1. The second kappa shape index (κ2) is 6.88. The minimum atomic E-state index is -0.476. The van der Waals surface area contributed by atoms with Crippen molar-refractivity contribution in [2.24, 2.45) is 5.73 Å². The molecule has 25 heavy (non-hydrogen) atoms. The highest BCUT2D eigenvalue weighted by Crippen LogP contribution is 2.43. The van der Waals surface area contributed by atoms with Crippen LogP contribution >= 0.6 is 15.9 Å². The van der Waals surface area contributed by atoms with Gasteiger partial charge in [-0.25, -0.2) is 0 Å². The Bertz CT molecular complexity index is 833. The lowest BCUT2D eigenvalue weighted by Gasteiger charge is -2.35. The zero-order chi connectivity index (χ0) is 18.1. The second-order valence-electron chi connectivity index (χ2n) is 6.14. The number of nitrogens with two attached hydrogens (primary N) is 1. The van der Waals surface area contributed by atoms with Crippen LogP contribution in [0.4, 0.5) is 5.69 Å². The number of carbonyl (C=O) groups excluding carboxylic acids is 2. The third-order valence-corrected chi connectivity index (χ3v) is 5.02. The smallest absolute Gasteiger partial charge is 0.248 e. The normalized spacial score (nSPS) is 16.3. The van der Waals surface area contributed by atoms with Crippen LogP contribution in [0.5, 0.6) is 11.5 Å². The molecular formula is C19H19BrN2O3. The molecule has 0 bridgehead atoms. The van der Waals surface area contributed by atoms with Gasteiger partial charge in [0.15, 0.2) is 0 Å². The van der Waals surface area contributed by atoms with Crippen LogP contribution in [0, 0.1) is 0 Å². The van der Waals surface area contributed by atoms with E-state index in [1.807, 2.05) is 17.0 Å². The lowest BCUT2D eigenvalue weighted by molar-refractivity contribution is -0.117. The molecule has 1 aliphatic heterocycles. The third kappa shape index (κ3) is 3.39. The molecule has 0 spiro atoms. The number of nitrogens with zero attached hydrogens (tertiary/aromatic N) is 1. The molecule has 2 N–H and O–H groups in total. The van der Waals surface area contributed by atoms with E-state index in [1.54, 1.807) is 31.2 Å². The van der Waals surface area contributed by atoms with E-state index in [0.717, 1.165) is 28.6 Å². The van der Waals surface area contributed by atoms with Crippen molar-refractivity contribution in [3.8, 4) is 11.5 Å². The molecule has 2 amide bonds. The molecule has 0 aliphatic carbocycles.